The Morgan fingerprint density at radius 2 is 2.00 bits per heavy atom. The highest BCUT2D eigenvalue weighted by Gasteiger charge is 2.25. The third-order valence-corrected chi connectivity index (χ3v) is 6.79. The van der Waals surface area contributed by atoms with Gasteiger partial charge in [0.2, 0.25) is 10.0 Å². The van der Waals surface area contributed by atoms with Crippen LogP contribution in [0.1, 0.15) is 11.3 Å². The first-order valence-electron chi connectivity index (χ1n) is 8.45. The Labute approximate surface area is 170 Å². The fraction of sp³-hybridized carbons (Fsp3) is 0.105. The minimum atomic E-state index is -3.55. The van der Waals surface area contributed by atoms with Crippen molar-refractivity contribution in [1.29, 1.82) is 0 Å². The third-order valence-electron chi connectivity index (χ3n) is 4.40. The van der Waals surface area contributed by atoms with Gasteiger partial charge in [-0.05, 0) is 55.1 Å². The van der Waals surface area contributed by atoms with Crippen molar-refractivity contribution in [3.05, 3.63) is 52.9 Å². The molecule has 29 heavy (non-hydrogen) atoms. The Morgan fingerprint density at radius 1 is 1.21 bits per heavy atom. The number of aryl methyl sites for hydroxylation is 1. The van der Waals surface area contributed by atoms with Crippen molar-refractivity contribution < 1.29 is 22.4 Å². The molecule has 0 spiro atoms. The molecule has 0 radical (unpaired) electrons. The number of fused-ring (bicyclic) bond motifs is 1. The summed E-state index contributed by atoms with van der Waals surface area (Å²) in [7, 11) is -2.19. The molecule has 1 aliphatic rings. The van der Waals surface area contributed by atoms with Crippen LogP contribution in [0.25, 0.3) is 28.2 Å². The van der Waals surface area contributed by atoms with Crippen LogP contribution in [0.3, 0.4) is 0 Å². The molecule has 0 bridgehead atoms. The molecular formula is C19H15N3O5S2. The number of pyridine rings is 1. The number of rotatable bonds is 4. The molecule has 2 N–H and O–H groups in total. The number of carbonyl (C=O) groups excluding carboxylic acids is 2. The van der Waals surface area contributed by atoms with E-state index in [-0.39, 0.29) is 9.80 Å². The molecule has 1 saturated heterocycles. The molecule has 1 aliphatic heterocycles. The largest absolute Gasteiger partial charge is 0.456 e. The summed E-state index contributed by atoms with van der Waals surface area (Å²) in [5.74, 6) is -0.0523. The van der Waals surface area contributed by atoms with Crippen molar-refractivity contribution >= 4 is 50.0 Å². The quantitative estimate of drug-likeness (QED) is 0.612. The smallest absolute Gasteiger partial charge is 0.290 e. The predicted octanol–water partition coefficient (Wildman–Crippen LogP) is 3.04. The van der Waals surface area contributed by atoms with Crippen LogP contribution in [0, 0.1) is 6.92 Å². The van der Waals surface area contributed by atoms with Crippen LogP contribution >= 0.6 is 11.8 Å². The average molecular weight is 429 g/mol. The van der Waals surface area contributed by atoms with Crippen LogP contribution in [-0.2, 0) is 14.8 Å². The van der Waals surface area contributed by atoms with E-state index in [1.165, 1.54) is 19.2 Å². The van der Waals surface area contributed by atoms with Gasteiger partial charge in [0.15, 0.2) is 0 Å². The fourth-order valence-corrected chi connectivity index (χ4v) is 4.65. The number of thioether (sulfide) groups is 1. The second-order valence-electron chi connectivity index (χ2n) is 6.29. The molecule has 3 heterocycles. The van der Waals surface area contributed by atoms with Gasteiger partial charge >= 0.3 is 0 Å². The van der Waals surface area contributed by atoms with Gasteiger partial charge in [-0.2, -0.15) is 0 Å². The standard InChI is InChI=1S/C19H15N3O5S2/c1-10-5-11(3-4-16(10)29(25,26)20-2)14-9-21-8-12-6-13(27-17(12)14)7-15-18(23)22-19(24)28-15/h3-9,20H,1-2H3,(H,22,23,24). The van der Waals surface area contributed by atoms with E-state index in [2.05, 4.69) is 15.0 Å². The molecule has 0 atom stereocenters. The first kappa shape index (κ1) is 19.4. The number of benzene rings is 1. The molecule has 2 aromatic heterocycles. The maximum atomic E-state index is 12.1. The lowest BCUT2D eigenvalue weighted by Gasteiger charge is -2.09. The van der Waals surface area contributed by atoms with Gasteiger partial charge in [0.05, 0.1) is 9.80 Å². The zero-order valence-corrected chi connectivity index (χ0v) is 17.0. The number of aromatic nitrogens is 1. The summed E-state index contributed by atoms with van der Waals surface area (Å²) in [5, 5.41) is 2.49. The zero-order chi connectivity index (χ0) is 20.8. The molecule has 2 amide bonds. The van der Waals surface area contributed by atoms with Gasteiger partial charge < -0.3 is 4.42 Å². The van der Waals surface area contributed by atoms with E-state index < -0.39 is 21.2 Å². The molecule has 4 rings (SSSR count). The van der Waals surface area contributed by atoms with Crippen LogP contribution in [0.2, 0.25) is 0 Å². The highest BCUT2D eigenvalue weighted by atomic mass is 32.2. The fourth-order valence-electron chi connectivity index (χ4n) is 3.04. The maximum Gasteiger partial charge on any atom is 0.290 e. The highest BCUT2D eigenvalue weighted by molar-refractivity contribution is 8.18. The predicted molar refractivity (Wildman–Crippen MR) is 110 cm³/mol. The second-order valence-corrected chi connectivity index (χ2v) is 9.16. The molecule has 3 aromatic rings. The van der Waals surface area contributed by atoms with Crippen LogP contribution in [0.5, 0.6) is 0 Å². The van der Waals surface area contributed by atoms with E-state index in [1.807, 2.05) is 0 Å². The van der Waals surface area contributed by atoms with Gasteiger partial charge in [-0.3, -0.25) is 19.9 Å². The van der Waals surface area contributed by atoms with Gasteiger partial charge in [0.25, 0.3) is 11.1 Å². The highest BCUT2D eigenvalue weighted by Crippen LogP contribution is 2.33. The summed E-state index contributed by atoms with van der Waals surface area (Å²) < 4.78 is 32.4. The molecule has 0 saturated carbocycles. The van der Waals surface area contributed by atoms with Crippen molar-refractivity contribution in [3.63, 3.8) is 0 Å². The van der Waals surface area contributed by atoms with Crippen molar-refractivity contribution in [2.24, 2.45) is 0 Å². The van der Waals surface area contributed by atoms with E-state index in [1.54, 1.807) is 37.5 Å². The van der Waals surface area contributed by atoms with Crippen LogP contribution in [-0.4, -0.2) is 31.6 Å². The van der Waals surface area contributed by atoms with E-state index in [0.29, 0.717) is 27.9 Å². The van der Waals surface area contributed by atoms with Crippen LogP contribution in [0.4, 0.5) is 4.79 Å². The summed E-state index contributed by atoms with van der Waals surface area (Å²) in [4.78, 5) is 27.7. The Morgan fingerprint density at radius 3 is 2.66 bits per heavy atom. The van der Waals surface area contributed by atoms with Gasteiger partial charge in [-0.1, -0.05) is 6.07 Å². The number of sulfonamides is 1. The first-order chi connectivity index (χ1) is 13.8. The zero-order valence-electron chi connectivity index (χ0n) is 15.3. The minimum absolute atomic E-state index is 0.197. The molecule has 148 valence electrons. The normalized spacial score (nSPS) is 16.0. The second kappa shape index (κ2) is 7.14. The van der Waals surface area contributed by atoms with Gasteiger partial charge in [-0.15, -0.1) is 0 Å². The number of furan rings is 1. The van der Waals surface area contributed by atoms with Crippen molar-refractivity contribution in [2.45, 2.75) is 11.8 Å². The molecule has 1 fully saturated rings. The molecule has 10 heteroatoms. The summed E-state index contributed by atoms with van der Waals surface area (Å²) in [6.07, 6.45) is 4.76. The van der Waals surface area contributed by atoms with E-state index in [4.69, 9.17) is 4.42 Å². The Balaban J connectivity index is 1.79. The van der Waals surface area contributed by atoms with Gasteiger partial charge in [-0.25, -0.2) is 13.1 Å². The van der Waals surface area contributed by atoms with Gasteiger partial charge in [0, 0.05) is 29.4 Å². The lowest BCUT2D eigenvalue weighted by molar-refractivity contribution is -0.115. The van der Waals surface area contributed by atoms with Crippen LogP contribution < -0.4 is 10.0 Å². The van der Waals surface area contributed by atoms with E-state index >= 15 is 0 Å². The summed E-state index contributed by atoms with van der Waals surface area (Å²) in [5.41, 5.74) is 2.56. The van der Waals surface area contributed by atoms with Crippen LogP contribution in [0.15, 0.2) is 50.9 Å². The lowest BCUT2D eigenvalue weighted by Crippen LogP contribution is -2.19. The number of amides is 2. The Bertz CT molecular complexity index is 1310. The number of imide groups is 1. The molecular weight excluding hydrogens is 414 g/mol. The van der Waals surface area contributed by atoms with Crippen molar-refractivity contribution in [3.8, 4) is 11.1 Å². The average Bonchev–Trinajstić information content (AvgIpc) is 3.23. The summed E-state index contributed by atoms with van der Waals surface area (Å²) in [6, 6.07) is 6.70. The number of nitrogens with one attached hydrogen (secondary N) is 2. The molecule has 1 aromatic carbocycles. The molecule has 8 nitrogen and oxygen atoms in total. The van der Waals surface area contributed by atoms with E-state index in [9.17, 15) is 18.0 Å². The monoisotopic (exact) mass is 429 g/mol. The van der Waals surface area contributed by atoms with E-state index in [0.717, 1.165) is 17.3 Å². The third kappa shape index (κ3) is 3.57. The molecule has 0 aliphatic carbocycles. The Kier molecular flexibility index (Phi) is 4.77. The Hall–Kier alpha value is -2.95. The number of hydrogen-bond donors (Lipinski definition) is 2. The summed E-state index contributed by atoms with van der Waals surface area (Å²) in [6.45, 7) is 1.71. The SMILES string of the molecule is CNS(=O)(=O)c1ccc(-c2cncc3cc(C=C4SC(=O)NC4=O)oc23)cc1C. The first-order valence-corrected chi connectivity index (χ1v) is 10.8. The molecule has 0 unspecified atom stereocenters. The lowest BCUT2D eigenvalue weighted by atomic mass is 10.0. The van der Waals surface area contributed by atoms with Gasteiger partial charge in [0.1, 0.15) is 11.3 Å². The van der Waals surface area contributed by atoms with Crippen molar-refractivity contribution in [2.75, 3.05) is 7.05 Å². The minimum Gasteiger partial charge on any atom is -0.456 e. The topological polar surface area (TPSA) is 118 Å². The number of carbonyl (C=O) groups is 2. The number of nitrogens with zero attached hydrogens (tertiary/aromatic N) is 1. The van der Waals surface area contributed by atoms with Crippen molar-refractivity contribution in [1.82, 2.24) is 15.0 Å². The number of hydrogen-bond acceptors (Lipinski definition) is 7. The summed E-state index contributed by atoms with van der Waals surface area (Å²) >= 11 is 0.810. The maximum absolute atomic E-state index is 12.1.